The summed E-state index contributed by atoms with van der Waals surface area (Å²) in [5.74, 6) is -0.0439. The Labute approximate surface area is 89.7 Å². The predicted octanol–water partition coefficient (Wildman–Crippen LogP) is 0.600. The van der Waals surface area contributed by atoms with Crippen LogP contribution in [-0.2, 0) is 4.79 Å². The summed E-state index contributed by atoms with van der Waals surface area (Å²) in [4.78, 5) is 15.5. The molecule has 1 heterocycles. The lowest BCUT2D eigenvalue weighted by atomic mass is 10.1. The van der Waals surface area contributed by atoms with Crippen LogP contribution in [0.15, 0.2) is 12.5 Å². The van der Waals surface area contributed by atoms with Crippen LogP contribution in [-0.4, -0.2) is 22.5 Å². The van der Waals surface area contributed by atoms with Gasteiger partial charge in [-0.25, -0.2) is 4.98 Å². The summed E-state index contributed by atoms with van der Waals surface area (Å²) in [5, 5.41) is 2.61. The van der Waals surface area contributed by atoms with Gasteiger partial charge in [0.25, 0.3) is 0 Å². The van der Waals surface area contributed by atoms with Crippen LogP contribution in [0.5, 0.6) is 0 Å². The van der Waals surface area contributed by atoms with E-state index in [1.807, 2.05) is 18.4 Å². The summed E-state index contributed by atoms with van der Waals surface area (Å²) in [6.07, 6.45) is 4.19. The Morgan fingerprint density at radius 3 is 2.93 bits per heavy atom. The van der Waals surface area contributed by atoms with E-state index in [2.05, 4.69) is 10.3 Å². The summed E-state index contributed by atoms with van der Waals surface area (Å²) < 4.78 is 1.81. The molecule has 3 N–H and O–H groups in total. The maximum atomic E-state index is 11.5. The number of aromatic nitrogens is 2. The molecule has 0 aliphatic heterocycles. The molecule has 0 aliphatic carbocycles. The summed E-state index contributed by atoms with van der Waals surface area (Å²) in [6.45, 7) is 3.83. The van der Waals surface area contributed by atoms with Crippen molar-refractivity contribution in [2.24, 2.45) is 5.73 Å². The summed E-state index contributed by atoms with van der Waals surface area (Å²) >= 11 is 0. The molecule has 0 fully saturated rings. The monoisotopic (exact) mass is 210 g/mol. The van der Waals surface area contributed by atoms with Gasteiger partial charge in [0.1, 0.15) is 6.04 Å². The minimum absolute atomic E-state index is 0.0439. The van der Waals surface area contributed by atoms with Crippen LogP contribution in [0.1, 0.15) is 38.0 Å². The molecule has 0 saturated carbocycles. The summed E-state index contributed by atoms with van der Waals surface area (Å²) in [5.41, 5.74) is 6.82. The Bertz CT molecular complexity index is 334. The van der Waals surface area contributed by atoms with Crippen molar-refractivity contribution in [3.63, 3.8) is 0 Å². The van der Waals surface area contributed by atoms with Crippen molar-refractivity contribution in [1.29, 1.82) is 0 Å². The van der Waals surface area contributed by atoms with Crippen LogP contribution in [0.25, 0.3) is 0 Å². The number of carbonyl (C=O) groups is 1. The number of nitrogens with one attached hydrogen (secondary N) is 1. The van der Waals surface area contributed by atoms with Crippen LogP contribution < -0.4 is 11.1 Å². The molecule has 1 rings (SSSR count). The highest BCUT2D eigenvalue weighted by Crippen LogP contribution is 2.17. The van der Waals surface area contributed by atoms with E-state index in [-0.39, 0.29) is 18.0 Å². The van der Waals surface area contributed by atoms with Gasteiger partial charge in [0, 0.05) is 19.3 Å². The van der Waals surface area contributed by atoms with Crippen molar-refractivity contribution in [3.05, 3.63) is 18.2 Å². The standard InChI is InChI=1S/C10H18N4O/c1-4-8(11)9-5-13-6-14(9)7(2)10(15)12-3/h5-8H,4,11H2,1-3H3,(H,12,15)/t7?,8-/m1/s1. The normalized spacial score (nSPS) is 14.7. The van der Waals surface area contributed by atoms with Gasteiger partial charge < -0.3 is 15.6 Å². The third-order valence-corrected chi connectivity index (χ3v) is 2.56. The quantitative estimate of drug-likeness (QED) is 0.764. The van der Waals surface area contributed by atoms with Crippen LogP contribution in [0.4, 0.5) is 0 Å². The molecule has 1 aromatic rings. The van der Waals surface area contributed by atoms with E-state index < -0.39 is 0 Å². The van der Waals surface area contributed by atoms with Gasteiger partial charge in [-0.15, -0.1) is 0 Å². The van der Waals surface area contributed by atoms with Crippen LogP contribution >= 0.6 is 0 Å². The molecule has 15 heavy (non-hydrogen) atoms. The Hall–Kier alpha value is -1.36. The van der Waals surface area contributed by atoms with Crippen molar-refractivity contribution in [3.8, 4) is 0 Å². The van der Waals surface area contributed by atoms with Gasteiger partial charge in [-0.2, -0.15) is 0 Å². The smallest absolute Gasteiger partial charge is 0.242 e. The first-order valence-corrected chi connectivity index (χ1v) is 5.10. The molecule has 0 saturated heterocycles. The fourth-order valence-corrected chi connectivity index (χ4v) is 1.47. The van der Waals surface area contributed by atoms with E-state index in [9.17, 15) is 4.79 Å². The van der Waals surface area contributed by atoms with Gasteiger partial charge in [0.2, 0.25) is 5.91 Å². The number of likely N-dealkylation sites (N-methyl/N-ethyl adjacent to an activating group) is 1. The van der Waals surface area contributed by atoms with E-state index >= 15 is 0 Å². The molecule has 5 heteroatoms. The second-order valence-corrected chi connectivity index (χ2v) is 3.53. The van der Waals surface area contributed by atoms with E-state index in [0.29, 0.717) is 0 Å². The van der Waals surface area contributed by atoms with Crippen molar-refractivity contribution in [2.45, 2.75) is 32.4 Å². The number of rotatable bonds is 4. The predicted molar refractivity (Wildman–Crippen MR) is 58.2 cm³/mol. The number of amides is 1. The van der Waals surface area contributed by atoms with Gasteiger partial charge in [0.05, 0.1) is 12.0 Å². The molecule has 5 nitrogen and oxygen atoms in total. The van der Waals surface area contributed by atoms with Crippen LogP contribution in [0.2, 0.25) is 0 Å². The number of hydrogen-bond acceptors (Lipinski definition) is 3. The third kappa shape index (κ3) is 2.36. The number of nitrogens with two attached hydrogens (primary N) is 1. The van der Waals surface area contributed by atoms with Gasteiger partial charge in [-0.3, -0.25) is 4.79 Å². The maximum Gasteiger partial charge on any atom is 0.242 e. The summed E-state index contributed by atoms with van der Waals surface area (Å²) in [6, 6.07) is -0.343. The fourth-order valence-electron chi connectivity index (χ4n) is 1.47. The third-order valence-electron chi connectivity index (χ3n) is 2.56. The molecule has 0 bridgehead atoms. The molecule has 0 aliphatic rings. The molecule has 1 aromatic heterocycles. The SMILES string of the molecule is CC[C@@H](N)c1cncn1C(C)C(=O)NC. The van der Waals surface area contributed by atoms with Gasteiger partial charge in [-0.05, 0) is 13.3 Å². The number of nitrogens with zero attached hydrogens (tertiary/aromatic N) is 2. The average molecular weight is 210 g/mol. The van der Waals surface area contributed by atoms with Crippen LogP contribution in [0.3, 0.4) is 0 Å². The fraction of sp³-hybridized carbons (Fsp3) is 0.600. The Balaban J connectivity index is 2.94. The average Bonchev–Trinajstić information content (AvgIpc) is 2.74. The van der Waals surface area contributed by atoms with Crippen molar-refractivity contribution >= 4 is 5.91 Å². The number of imidazole rings is 1. The lowest BCUT2D eigenvalue weighted by Crippen LogP contribution is -2.29. The molecule has 0 spiro atoms. The minimum Gasteiger partial charge on any atom is -0.357 e. The molecular weight excluding hydrogens is 192 g/mol. The Kier molecular flexibility index (Phi) is 3.85. The van der Waals surface area contributed by atoms with E-state index in [4.69, 9.17) is 5.73 Å². The Morgan fingerprint density at radius 1 is 1.73 bits per heavy atom. The highest BCUT2D eigenvalue weighted by molar-refractivity contribution is 5.79. The van der Waals surface area contributed by atoms with Crippen molar-refractivity contribution in [1.82, 2.24) is 14.9 Å². The zero-order valence-electron chi connectivity index (χ0n) is 9.40. The summed E-state index contributed by atoms with van der Waals surface area (Å²) in [7, 11) is 1.62. The zero-order chi connectivity index (χ0) is 11.4. The first-order valence-electron chi connectivity index (χ1n) is 5.10. The minimum atomic E-state index is -0.273. The molecule has 84 valence electrons. The van der Waals surface area contributed by atoms with E-state index in [1.165, 1.54) is 0 Å². The lowest BCUT2D eigenvalue weighted by Gasteiger charge is -2.17. The van der Waals surface area contributed by atoms with Gasteiger partial charge in [0.15, 0.2) is 0 Å². The molecule has 0 radical (unpaired) electrons. The maximum absolute atomic E-state index is 11.5. The first kappa shape index (κ1) is 11.7. The molecule has 1 amide bonds. The zero-order valence-corrected chi connectivity index (χ0v) is 9.40. The number of hydrogen-bond donors (Lipinski definition) is 2. The van der Waals surface area contributed by atoms with Gasteiger partial charge in [-0.1, -0.05) is 6.92 Å². The van der Waals surface area contributed by atoms with E-state index in [0.717, 1.165) is 12.1 Å². The van der Waals surface area contributed by atoms with E-state index in [1.54, 1.807) is 19.6 Å². The molecular formula is C10H18N4O. The topological polar surface area (TPSA) is 72.9 Å². The first-order chi connectivity index (χ1) is 7.11. The molecule has 0 aromatic carbocycles. The second kappa shape index (κ2) is 4.93. The largest absolute Gasteiger partial charge is 0.357 e. The molecule has 2 atom stereocenters. The number of carbonyl (C=O) groups excluding carboxylic acids is 1. The van der Waals surface area contributed by atoms with Crippen LogP contribution in [0, 0.1) is 0 Å². The Morgan fingerprint density at radius 2 is 2.40 bits per heavy atom. The highest BCUT2D eigenvalue weighted by atomic mass is 16.2. The second-order valence-electron chi connectivity index (χ2n) is 3.53. The lowest BCUT2D eigenvalue weighted by molar-refractivity contribution is -0.123. The van der Waals surface area contributed by atoms with Gasteiger partial charge >= 0.3 is 0 Å². The highest BCUT2D eigenvalue weighted by Gasteiger charge is 2.18. The molecule has 1 unspecified atom stereocenters. The van der Waals surface area contributed by atoms with Crippen molar-refractivity contribution in [2.75, 3.05) is 7.05 Å². The van der Waals surface area contributed by atoms with Crippen molar-refractivity contribution < 1.29 is 4.79 Å².